The van der Waals surface area contributed by atoms with Gasteiger partial charge in [-0.25, -0.2) is 14.7 Å². The number of carboxylic acid groups (broad SMARTS) is 1. The van der Waals surface area contributed by atoms with Gasteiger partial charge in [0.25, 0.3) is 10.2 Å². The summed E-state index contributed by atoms with van der Waals surface area (Å²) in [5, 5.41) is 25.2. The van der Waals surface area contributed by atoms with Crippen LogP contribution in [0.15, 0.2) is 22.7 Å². The first-order valence-corrected chi connectivity index (χ1v) is 15.0. The van der Waals surface area contributed by atoms with Crippen molar-refractivity contribution in [1.29, 1.82) is 0 Å². The molecule has 2 fully saturated rings. The van der Waals surface area contributed by atoms with Crippen molar-refractivity contribution >= 4 is 33.8 Å². The van der Waals surface area contributed by atoms with E-state index in [0.717, 1.165) is 22.4 Å². The van der Waals surface area contributed by atoms with Gasteiger partial charge in [-0.3, -0.25) is 9.69 Å². The van der Waals surface area contributed by atoms with Crippen molar-refractivity contribution in [3.05, 3.63) is 39.4 Å². The maximum Gasteiger partial charge on any atom is 0.353 e. The molecule has 6 atom stereocenters. The topological polar surface area (TPSA) is 162 Å². The quantitative estimate of drug-likeness (QED) is 0.301. The number of ether oxygens (including phenoxy) is 1. The largest absolute Gasteiger partial charge is 0.496 e. The van der Waals surface area contributed by atoms with E-state index in [-0.39, 0.29) is 41.4 Å². The first-order valence-electron chi connectivity index (χ1n) is 12.5. The molecule has 0 spiro atoms. The van der Waals surface area contributed by atoms with Crippen LogP contribution in [-0.2, 0) is 26.3 Å². The SMILES string of the molecule is COc1cc(CN2C[C@@H](SC3=C(C(=O)O)N4C(=O)[C@H]([C@@H](C)O)[C@H]4[C@H]3C)C[C@H]2CNS(N)(=O)=O)cc(C)c1C. The summed E-state index contributed by atoms with van der Waals surface area (Å²) in [5.41, 5.74) is 3.15. The molecule has 13 heteroatoms. The Morgan fingerprint density at radius 3 is 2.61 bits per heavy atom. The molecule has 3 aliphatic heterocycles. The molecule has 0 saturated carbocycles. The molecule has 0 aromatic heterocycles. The van der Waals surface area contributed by atoms with Crippen molar-refractivity contribution in [2.75, 3.05) is 20.2 Å². The predicted octanol–water partition coefficient (Wildman–Crippen LogP) is 0.935. The normalized spacial score (nSPS) is 28.4. The second kappa shape index (κ2) is 10.8. The molecular formula is C25H36N4O7S2. The van der Waals surface area contributed by atoms with E-state index in [2.05, 4.69) is 15.7 Å². The van der Waals surface area contributed by atoms with Crippen molar-refractivity contribution in [2.45, 2.75) is 64.1 Å². The molecule has 38 heavy (non-hydrogen) atoms. The summed E-state index contributed by atoms with van der Waals surface area (Å²) in [5.74, 6) is -1.60. The number of nitrogens with two attached hydrogens (primary N) is 1. The molecule has 5 N–H and O–H groups in total. The highest BCUT2D eigenvalue weighted by molar-refractivity contribution is 8.03. The average molecular weight is 569 g/mol. The number of β-lactam (4-membered cyclic amide) rings is 1. The molecule has 3 aliphatic rings. The number of aliphatic hydroxyl groups excluding tert-OH is 1. The molecule has 4 rings (SSSR count). The zero-order valence-corrected chi connectivity index (χ0v) is 23.8. The maximum atomic E-state index is 12.7. The molecule has 1 aromatic carbocycles. The highest BCUT2D eigenvalue weighted by Crippen LogP contribution is 2.52. The minimum Gasteiger partial charge on any atom is -0.496 e. The number of likely N-dealkylation sites (tertiary alicyclic amines) is 1. The fourth-order valence-corrected chi connectivity index (χ4v) is 7.96. The Kier molecular flexibility index (Phi) is 8.18. The number of aliphatic hydroxyl groups is 1. The van der Waals surface area contributed by atoms with Crippen molar-refractivity contribution in [1.82, 2.24) is 14.5 Å². The number of benzene rings is 1. The lowest BCUT2D eigenvalue weighted by atomic mass is 9.79. The number of nitrogens with one attached hydrogen (secondary N) is 1. The third kappa shape index (κ3) is 5.45. The number of nitrogens with zero attached hydrogens (tertiary/aromatic N) is 2. The fourth-order valence-electron chi connectivity index (χ4n) is 5.94. The number of rotatable bonds is 10. The van der Waals surface area contributed by atoms with Crippen LogP contribution in [0.5, 0.6) is 5.75 Å². The second-order valence-corrected chi connectivity index (χ2v) is 13.2. The number of thioether (sulfide) groups is 1. The van der Waals surface area contributed by atoms with E-state index >= 15 is 0 Å². The Balaban J connectivity index is 1.58. The molecule has 0 unspecified atom stereocenters. The monoisotopic (exact) mass is 568 g/mol. The predicted molar refractivity (Wildman–Crippen MR) is 143 cm³/mol. The first kappa shape index (κ1) is 28.8. The zero-order chi connectivity index (χ0) is 28.1. The first-order chi connectivity index (χ1) is 17.7. The number of methoxy groups -OCH3 is 1. The highest BCUT2D eigenvalue weighted by atomic mass is 32.2. The summed E-state index contributed by atoms with van der Waals surface area (Å²) in [6.45, 7) is 8.70. The summed E-state index contributed by atoms with van der Waals surface area (Å²) in [6, 6.07) is 3.51. The third-order valence-corrected chi connectivity index (χ3v) is 9.96. The number of carbonyl (C=O) groups is 2. The van der Waals surface area contributed by atoms with Gasteiger partial charge in [0, 0.05) is 41.7 Å². The van der Waals surface area contributed by atoms with Crippen LogP contribution in [-0.4, -0.2) is 83.9 Å². The van der Waals surface area contributed by atoms with Gasteiger partial charge in [-0.05, 0) is 49.9 Å². The molecule has 1 aromatic rings. The van der Waals surface area contributed by atoms with E-state index < -0.39 is 28.2 Å². The zero-order valence-electron chi connectivity index (χ0n) is 22.2. The second-order valence-electron chi connectivity index (χ2n) is 10.5. The lowest BCUT2D eigenvalue weighted by Gasteiger charge is -2.46. The Hall–Kier alpha value is -2.16. The van der Waals surface area contributed by atoms with Crippen LogP contribution in [0.3, 0.4) is 0 Å². The van der Waals surface area contributed by atoms with Gasteiger partial charge >= 0.3 is 5.97 Å². The van der Waals surface area contributed by atoms with Crippen molar-refractivity contribution < 1.29 is 33.0 Å². The van der Waals surface area contributed by atoms with Crippen LogP contribution in [0.1, 0.15) is 37.0 Å². The molecule has 3 heterocycles. The summed E-state index contributed by atoms with van der Waals surface area (Å²) < 4.78 is 31.2. The molecule has 0 aliphatic carbocycles. The summed E-state index contributed by atoms with van der Waals surface area (Å²) in [6.07, 6.45) is -0.271. The summed E-state index contributed by atoms with van der Waals surface area (Å²) in [4.78, 5) is 29.0. The Morgan fingerprint density at radius 1 is 1.34 bits per heavy atom. The number of carbonyl (C=O) groups excluding carboxylic acids is 1. The van der Waals surface area contributed by atoms with Gasteiger partial charge in [-0.1, -0.05) is 13.0 Å². The van der Waals surface area contributed by atoms with Crippen LogP contribution < -0.4 is 14.6 Å². The number of carboxylic acids is 1. The number of aryl methyl sites for hydroxylation is 1. The summed E-state index contributed by atoms with van der Waals surface area (Å²) in [7, 11) is -2.26. The standard InChI is InChI=1S/C25H36N4O7S2/c1-12-6-16(7-19(36-5)13(12)2)10-28-11-18(8-17(28)9-27-38(26,34)35)37-23-14(3)21-20(15(4)30)24(31)29(21)22(23)25(32)33/h6-7,14-15,17-18,20-21,27,30H,8-11H2,1-5H3,(H,32,33)(H2,26,34,35)/t14-,15-,17+,18+,20-,21-/m1/s1. The number of fused-ring (bicyclic) bond motifs is 1. The number of amides is 1. The number of aliphatic carboxylic acids is 1. The fraction of sp³-hybridized carbons (Fsp3) is 0.600. The minimum absolute atomic E-state index is 0.00837. The van der Waals surface area contributed by atoms with Gasteiger partial charge in [0.2, 0.25) is 5.91 Å². The van der Waals surface area contributed by atoms with Gasteiger partial charge in [-0.2, -0.15) is 8.42 Å². The third-order valence-electron chi connectivity index (χ3n) is 7.90. The van der Waals surface area contributed by atoms with E-state index in [4.69, 9.17) is 9.88 Å². The van der Waals surface area contributed by atoms with E-state index in [1.165, 1.54) is 16.7 Å². The maximum absolute atomic E-state index is 12.7. The van der Waals surface area contributed by atoms with Gasteiger partial charge in [-0.15, -0.1) is 11.8 Å². The van der Waals surface area contributed by atoms with E-state index in [1.807, 2.05) is 26.8 Å². The van der Waals surface area contributed by atoms with Gasteiger partial charge < -0.3 is 19.8 Å². The molecule has 0 bridgehead atoms. The molecular weight excluding hydrogens is 532 g/mol. The number of hydrogen-bond donors (Lipinski definition) is 4. The highest BCUT2D eigenvalue weighted by Gasteiger charge is 2.60. The smallest absolute Gasteiger partial charge is 0.353 e. The van der Waals surface area contributed by atoms with Crippen molar-refractivity contribution in [2.24, 2.45) is 17.0 Å². The van der Waals surface area contributed by atoms with E-state index in [0.29, 0.717) is 24.4 Å². The van der Waals surface area contributed by atoms with Crippen molar-refractivity contribution in [3.8, 4) is 5.75 Å². The Labute approximate surface area is 227 Å². The molecule has 1 amide bonds. The molecule has 11 nitrogen and oxygen atoms in total. The lowest BCUT2D eigenvalue weighted by Crippen LogP contribution is -2.63. The van der Waals surface area contributed by atoms with Crippen LogP contribution in [0.4, 0.5) is 0 Å². The molecule has 210 valence electrons. The van der Waals surface area contributed by atoms with Gasteiger partial charge in [0.15, 0.2) is 0 Å². The van der Waals surface area contributed by atoms with Crippen LogP contribution in [0, 0.1) is 25.7 Å². The van der Waals surface area contributed by atoms with Crippen LogP contribution in [0.2, 0.25) is 0 Å². The average Bonchev–Trinajstić information content (AvgIpc) is 3.30. The van der Waals surface area contributed by atoms with Gasteiger partial charge in [0.1, 0.15) is 11.4 Å². The van der Waals surface area contributed by atoms with E-state index in [1.54, 1.807) is 14.0 Å². The van der Waals surface area contributed by atoms with Crippen LogP contribution >= 0.6 is 11.8 Å². The number of hydrogen-bond acceptors (Lipinski definition) is 8. The lowest BCUT2D eigenvalue weighted by molar-refractivity contribution is -0.163. The summed E-state index contributed by atoms with van der Waals surface area (Å²) >= 11 is 1.44. The van der Waals surface area contributed by atoms with Crippen LogP contribution in [0.25, 0.3) is 0 Å². The minimum atomic E-state index is -3.88. The van der Waals surface area contributed by atoms with Crippen molar-refractivity contribution in [3.63, 3.8) is 0 Å². The molecule has 2 saturated heterocycles. The molecule has 0 radical (unpaired) electrons. The Bertz CT molecular complexity index is 1270. The Morgan fingerprint density at radius 2 is 2.03 bits per heavy atom. The van der Waals surface area contributed by atoms with E-state index in [9.17, 15) is 28.2 Å². The van der Waals surface area contributed by atoms with Gasteiger partial charge in [0.05, 0.1) is 25.2 Å².